The topological polar surface area (TPSA) is 0 Å². The van der Waals surface area contributed by atoms with Crippen LogP contribution in [0.5, 0.6) is 0 Å². The van der Waals surface area contributed by atoms with Crippen molar-refractivity contribution in [3.05, 3.63) is 0 Å². The van der Waals surface area contributed by atoms with Crippen molar-refractivity contribution >= 4 is 0 Å². The Bertz CT molecular complexity index is 212. The van der Waals surface area contributed by atoms with Crippen LogP contribution >= 0.6 is 0 Å². The van der Waals surface area contributed by atoms with Crippen LogP contribution in [-0.4, -0.2) is 0 Å². The molecule has 0 N–H and O–H groups in total. The molecule has 0 rings (SSSR count). The second kappa shape index (κ2) is 9.03. The first kappa shape index (κ1) is 19.0. The van der Waals surface area contributed by atoms with Crippen LogP contribution in [0, 0.1) is 29.1 Å². The van der Waals surface area contributed by atoms with Crippen molar-refractivity contribution in [1.29, 1.82) is 0 Å². The second-order valence-corrected chi connectivity index (χ2v) is 8.57. The summed E-state index contributed by atoms with van der Waals surface area (Å²) < 4.78 is 0. The van der Waals surface area contributed by atoms with Crippen molar-refractivity contribution in [2.45, 2.75) is 93.9 Å². The molecule has 0 nitrogen and oxygen atoms in total. The lowest BCUT2D eigenvalue weighted by Crippen LogP contribution is -2.17. The van der Waals surface area contributed by atoms with E-state index >= 15 is 0 Å². The highest BCUT2D eigenvalue weighted by Crippen LogP contribution is 2.33. The molecule has 19 heavy (non-hydrogen) atoms. The summed E-state index contributed by atoms with van der Waals surface area (Å²) >= 11 is 0. The number of hydrogen-bond donors (Lipinski definition) is 0. The van der Waals surface area contributed by atoms with Gasteiger partial charge in [0.25, 0.3) is 0 Å². The normalized spacial score (nSPS) is 16.1. The molecule has 0 amide bonds. The minimum Gasteiger partial charge on any atom is -0.0628 e. The zero-order valence-electron chi connectivity index (χ0n) is 15.1. The zero-order valence-corrected chi connectivity index (χ0v) is 15.1. The fourth-order valence-electron chi connectivity index (χ4n) is 2.99. The van der Waals surface area contributed by atoms with E-state index in [4.69, 9.17) is 0 Å². The Morgan fingerprint density at radius 1 is 0.684 bits per heavy atom. The molecule has 0 aromatic rings. The molecule has 0 aromatic carbocycles. The Morgan fingerprint density at radius 3 is 1.74 bits per heavy atom. The van der Waals surface area contributed by atoms with E-state index in [1.807, 2.05) is 0 Å². The highest BCUT2D eigenvalue weighted by molar-refractivity contribution is 4.72. The van der Waals surface area contributed by atoms with Gasteiger partial charge in [-0.25, -0.2) is 0 Å². The van der Waals surface area contributed by atoms with Gasteiger partial charge in [0, 0.05) is 0 Å². The summed E-state index contributed by atoms with van der Waals surface area (Å²) in [4.78, 5) is 0. The minimum absolute atomic E-state index is 0.542. The molecule has 0 aliphatic carbocycles. The first-order valence-electron chi connectivity index (χ1n) is 8.64. The average Bonchev–Trinajstić information content (AvgIpc) is 2.24. The van der Waals surface area contributed by atoms with Gasteiger partial charge in [-0.1, -0.05) is 68.2 Å². The maximum atomic E-state index is 2.47. The van der Waals surface area contributed by atoms with E-state index in [9.17, 15) is 0 Å². The molecule has 0 spiro atoms. The Hall–Kier alpha value is 0. The van der Waals surface area contributed by atoms with Gasteiger partial charge in [0.05, 0.1) is 0 Å². The summed E-state index contributed by atoms with van der Waals surface area (Å²) in [5.41, 5.74) is 0.542. The molecule has 2 unspecified atom stereocenters. The lowest BCUT2D eigenvalue weighted by molar-refractivity contribution is 0.229. The SMILES string of the molecule is CC(C)CCCC(C)(C)CCC(C)C(C)CC(C)C. The fraction of sp³-hybridized carbons (Fsp3) is 1.00. The predicted octanol–water partition coefficient (Wildman–Crippen LogP) is 6.94. The third kappa shape index (κ3) is 10.4. The van der Waals surface area contributed by atoms with Crippen molar-refractivity contribution < 1.29 is 0 Å². The van der Waals surface area contributed by atoms with Crippen molar-refractivity contribution in [2.24, 2.45) is 29.1 Å². The van der Waals surface area contributed by atoms with Crippen molar-refractivity contribution in [1.82, 2.24) is 0 Å². The van der Waals surface area contributed by atoms with E-state index < -0.39 is 0 Å². The molecule has 0 heterocycles. The van der Waals surface area contributed by atoms with Gasteiger partial charge in [-0.3, -0.25) is 0 Å². The van der Waals surface area contributed by atoms with Crippen LogP contribution in [-0.2, 0) is 0 Å². The highest BCUT2D eigenvalue weighted by atomic mass is 14.3. The van der Waals surface area contributed by atoms with Crippen LogP contribution in [0.15, 0.2) is 0 Å². The Balaban J connectivity index is 3.94. The standard InChI is InChI=1S/C19H40/c1-15(2)10-9-12-19(7,8)13-11-17(5)18(6)14-16(3)4/h15-18H,9-14H2,1-8H3. The van der Waals surface area contributed by atoms with Gasteiger partial charge in [-0.05, 0) is 54.8 Å². The largest absolute Gasteiger partial charge is 0.0628 e. The monoisotopic (exact) mass is 268 g/mol. The van der Waals surface area contributed by atoms with Crippen LogP contribution in [0.4, 0.5) is 0 Å². The molecular formula is C19H40. The van der Waals surface area contributed by atoms with E-state index in [0.29, 0.717) is 5.41 Å². The maximum absolute atomic E-state index is 2.47. The van der Waals surface area contributed by atoms with Gasteiger partial charge in [0.2, 0.25) is 0 Å². The molecule has 0 aliphatic heterocycles. The molecule has 0 radical (unpaired) electrons. The van der Waals surface area contributed by atoms with E-state index in [1.54, 1.807) is 0 Å². The smallest absolute Gasteiger partial charge is 0.0354 e. The van der Waals surface area contributed by atoms with E-state index in [0.717, 1.165) is 23.7 Å². The summed E-state index contributed by atoms with van der Waals surface area (Å²) in [6.07, 6.45) is 8.38. The third-order valence-corrected chi connectivity index (χ3v) is 4.73. The fourth-order valence-corrected chi connectivity index (χ4v) is 2.99. The number of hydrogen-bond acceptors (Lipinski definition) is 0. The lowest BCUT2D eigenvalue weighted by atomic mass is 9.77. The molecule has 0 aliphatic rings. The van der Waals surface area contributed by atoms with E-state index in [1.165, 1.54) is 38.5 Å². The molecule has 0 saturated carbocycles. The summed E-state index contributed by atoms with van der Waals surface area (Å²) in [7, 11) is 0. The maximum Gasteiger partial charge on any atom is -0.0354 e. The van der Waals surface area contributed by atoms with Gasteiger partial charge < -0.3 is 0 Å². The van der Waals surface area contributed by atoms with Gasteiger partial charge >= 0.3 is 0 Å². The van der Waals surface area contributed by atoms with Gasteiger partial charge in [0.15, 0.2) is 0 Å². The Morgan fingerprint density at radius 2 is 1.26 bits per heavy atom. The minimum atomic E-state index is 0.542. The van der Waals surface area contributed by atoms with Crippen LogP contribution in [0.1, 0.15) is 93.9 Å². The van der Waals surface area contributed by atoms with Crippen molar-refractivity contribution in [2.75, 3.05) is 0 Å². The number of rotatable bonds is 10. The molecule has 0 bridgehead atoms. The van der Waals surface area contributed by atoms with Crippen LogP contribution in [0.2, 0.25) is 0 Å². The molecule has 0 aromatic heterocycles. The summed E-state index contributed by atoms with van der Waals surface area (Å²) in [5.74, 6) is 3.47. The highest BCUT2D eigenvalue weighted by Gasteiger charge is 2.21. The summed E-state index contributed by atoms with van der Waals surface area (Å²) in [6.45, 7) is 19.2. The average molecular weight is 269 g/mol. The summed E-state index contributed by atoms with van der Waals surface area (Å²) in [6, 6.07) is 0. The van der Waals surface area contributed by atoms with E-state index in [-0.39, 0.29) is 0 Å². The molecule has 2 atom stereocenters. The quantitative estimate of drug-likeness (QED) is 0.402. The van der Waals surface area contributed by atoms with Crippen LogP contribution in [0.25, 0.3) is 0 Å². The predicted molar refractivity (Wildman–Crippen MR) is 89.5 cm³/mol. The first-order chi connectivity index (χ1) is 8.64. The van der Waals surface area contributed by atoms with Gasteiger partial charge in [0.1, 0.15) is 0 Å². The Labute approximate surface area is 123 Å². The lowest BCUT2D eigenvalue weighted by Gasteiger charge is -2.29. The first-order valence-corrected chi connectivity index (χ1v) is 8.64. The van der Waals surface area contributed by atoms with Gasteiger partial charge in [-0.2, -0.15) is 0 Å². The van der Waals surface area contributed by atoms with E-state index in [2.05, 4.69) is 55.4 Å². The molecule has 0 fully saturated rings. The van der Waals surface area contributed by atoms with Crippen LogP contribution < -0.4 is 0 Å². The summed E-state index contributed by atoms with van der Waals surface area (Å²) in [5, 5.41) is 0. The third-order valence-electron chi connectivity index (χ3n) is 4.73. The van der Waals surface area contributed by atoms with Crippen molar-refractivity contribution in [3.8, 4) is 0 Å². The second-order valence-electron chi connectivity index (χ2n) is 8.57. The van der Waals surface area contributed by atoms with Gasteiger partial charge in [-0.15, -0.1) is 0 Å². The van der Waals surface area contributed by atoms with Crippen molar-refractivity contribution in [3.63, 3.8) is 0 Å². The molecule has 0 heteroatoms. The molecular weight excluding hydrogens is 228 g/mol. The molecule has 0 saturated heterocycles. The molecule has 116 valence electrons. The Kier molecular flexibility index (Phi) is 9.03. The zero-order chi connectivity index (χ0) is 15.1. The van der Waals surface area contributed by atoms with Crippen LogP contribution in [0.3, 0.4) is 0 Å².